The molecule has 7 heteroatoms. The van der Waals surface area contributed by atoms with Crippen molar-refractivity contribution >= 4 is 18.3 Å². The first-order valence-corrected chi connectivity index (χ1v) is 8.83. The zero-order chi connectivity index (χ0) is 17.9. The number of halogens is 2. The minimum Gasteiger partial charge on any atom is -0.344 e. The average Bonchev–Trinajstić information content (AvgIpc) is 3.18. The van der Waals surface area contributed by atoms with Gasteiger partial charge in [-0.05, 0) is 62.4 Å². The molecule has 1 heterocycles. The molecule has 3 rings (SSSR count). The van der Waals surface area contributed by atoms with Crippen molar-refractivity contribution in [2.24, 2.45) is 5.73 Å². The third-order valence-corrected chi connectivity index (χ3v) is 4.77. The van der Waals surface area contributed by atoms with Gasteiger partial charge in [0.05, 0.1) is 11.2 Å². The van der Waals surface area contributed by atoms with Gasteiger partial charge in [0.15, 0.2) is 0 Å². The van der Waals surface area contributed by atoms with Gasteiger partial charge in [0.2, 0.25) is 5.91 Å². The Hall–Kier alpha value is -1.92. The molecule has 0 bridgehead atoms. The lowest BCUT2D eigenvalue weighted by Gasteiger charge is -2.20. The number of unbranched alkanes of at least 4 members (excludes halogenated alkanes) is 2. The van der Waals surface area contributed by atoms with Gasteiger partial charge >= 0.3 is 0 Å². The van der Waals surface area contributed by atoms with Crippen LogP contribution in [0.2, 0.25) is 0 Å². The van der Waals surface area contributed by atoms with Gasteiger partial charge in [-0.1, -0.05) is 6.42 Å². The highest BCUT2D eigenvalue weighted by molar-refractivity contribution is 5.88. The Labute approximate surface area is 159 Å². The number of nitrogens with zero attached hydrogens (tertiary/aromatic N) is 2. The van der Waals surface area contributed by atoms with Gasteiger partial charge in [0, 0.05) is 24.8 Å². The molecule has 1 amide bonds. The van der Waals surface area contributed by atoms with Crippen LogP contribution in [-0.2, 0) is 11.2 Å². The largest absolute Gasteiger partial charge is 0.344 e. The highest BCUT2D eigenvalue weighted by atomic mass is 35.5. The summed E-state index contributed by atoms with van der Waals surface area (Å²) in [6.45, 7) is 0.752. The lowest BCUT2D eigenvalue weighted by Crippen LogP contribution is -2.44. The van der Waals surface area contributed by atoms with Crippen LogP contribution in [0.15, 0.2) is 30.3 Å². The minimum absolute atomic E-state index is 0. The number of hydrogen-bond donors (Lipinski definition) is 2. The van der Waals surface area contributed by atoms with E-state index >= 15 is 0 Å². The molecule has 142 valence electrons. The second-order valence-corrected chi connectivity index (χ2v) is 6.98. The Balaban J connectivity index is 0.00000243. The van der Waals surface area contributed by atoms with Crippen LogP contribution in [0.25, 0.3) is 11.3 Å². The Bertz CT molecular complexity index is 727. The van der Waals surface area contributed by atoms with Crippen molar-refractivity contribution in [2.45, 2.75) is 44.1 Å². The maximum Gasteiger partial charge on any atom is 0.242 e. The molecule has 0 atom stereocenters. The Morgan fingerprint density at radius 2 is 1.96 bits per heavy atom. The highest BCUT2D eigenvalue weighted by Gasteiger charge is 2.47. The molecule has 1 saturated carbocycles. The van der Waals surface area contributed by atoms with E-state index in [1.165, 1.54) is 12.1 Å². The van der Waals surface area contributed by atoms with Gasteiger partial charge in [-0.3, -0.25) is 9.89 Å². The Kier molecular flexibility index (Phi) is 6.78. The number of carbonyl (C=O) groups is 1. The first kappa shape index (κ1) is 20.4. The molecule has 1 aliphatic rings. The first-order valence-electron chi connectivity index (χ1n) is 8.83. The number of nitrogens with two attached hydrogens (primary N) is 1. The molecule has 3 N–H and O–H groups in total. The van der Waals surface area contributed by atoms with Gasteiger partial charge in [-0.25, -0.2) is 4.39 Å². The monoisotopic (exact) mass is 380 g/mol. The van der Waals surface area contributed by atoms with Crippen molar-refractivity contribution in [3.8, 4) is 11.3 Å². The summed E-state index contributed by atoms with van der Waals surface area (Å²) < 4.78 is 13.0. The summed E-state index contributed by atoms with van der Waals surface area (Å²) in [5.41, 5.74) is 8.17. The van der Waals surface area contributed by atoms with Crippen molar-refractivity contribution in [2.75, 3.05) is 13.6 Å². The van der Waals surface area contributed by atoms with Crippen LogP contribution in [0.5, 0.6) is 0 Å². The van der Waals surface area contributed by atoms with Crippen LogP contribution in [0.1, 0.15) is 37.8 Å². The number of likely N-dealkylation sites (N-methyl/N-ethyl adjacent to an activating group) is 1. The van der Waals surface area contributed by atoms with Crippen molar-refractivity contribution in [3.05, 3.63) is 41.8 Å². The molecular weight excluding hydrogens is 355 g/mol. The van der Waals surface area contributed by atoms with Crippen LogP contribution in [-0.4, -0.2) is 40.1 Å². The van der Waals surface area contributed by atoms with E-state index in [1.807, 2.05) is 13.1 Å². The minimum atomic E-state index is -0.568. The molecular formula is C19H26ClFN4O. The predicted octanol–water partition coefficient (Wildman–Crippen LogP) is 3.30. The van der Waals surface area contributed by atoms with E-state index < -0.39 is 5.54 Å². The van der Waals surface area contributed by atoms with Crippen molar-refractivity contribution in [1.29, 1.82) is 0 Å². The molecule has 0 radical (unpaired) electrons. The van der Waals surface area contributed by atoms with Crippen LogP contribution in [0, 0.1) is 5.82 Å². The van der Waals surface area contributed by atoms with Crippen molar-refractivity contribution < 1.29 is 9.18 Å². The molecule has 1 aromatic carbocycles. The third kappa shape index (κ3) is 5.05. The molecule has 0 saturated heterocycles. The summed E-state index contributed by atoms with van der Waals surface area (Å²) in [6, 6.07) is 8.34. The molecule has 1 aliphatic carbocycles. The van der Waals surface area contributed by atoms with Gasteiger partial charge < -0.3 is 10.6 Å². The Morgan fingerprint density at radius 1 is 1.27 bits per heavy atom. The number of amides is 1. The number of benzene rings is 1. The normalized spacial score (nSPS) is 14.6. The third-order valence-electron chi connectivity index (χ3n) is 4.77. The molecule has 1 fully saturated rings. The molecule has 0 aliphatic heterocycles. The maximum atomic E-state index is 13.0. The lowest BCUT2D eigenvalue weighted by molar-refractivity contribution is -0.132. The van der Waals surface area contributed by atoms with Crippen LogP contribution in [0.3, 0.4) is 0 Å². The topological polar surface area (TPSA) is 75.0 Å². The molecule has 0 unspecified atom stereocenters. The van der Waals surface area contributed by atoms with Crippen LogP contribution in [0.4, 0.5) is 4.39 Å². The maximum absolute atomic E-state index is 13.0. The molecule has 1 aromatic heterocycles. The van der Waals surface area contributed by atoms with E-state index in [9.17, 15) is 9.18 Å². The molecule has 5 nitrogen and oxygen atoms in total. The van der Waals surface area contributed by atoms with Crippen molar-refractivity contribution in [3.63, 3.8) is 0 Å². The summed E-state index contributed by atoms with van der Waals surface area (Å²) in [5, 5.41) is 7.33. The average molecular weight is 381 g/mol. The number of rotatable bonds is 8. The van der Waals surface area contributed by atoms with Gasteiger partial charge in [-0.15, -0.1) is 12.4 Å². The molecule has 0 spiro atoms. The van der Waals surface area contributed by atoms with E-state index in [2.05, 4.69) is 10.2 Å². The standard InChI is InChI=1S/C19H25FN4O.ClH/c1-24(18(25)19(21)10-11-19)12-4-2-3-5-16-13-17(23-22-16)14-6-8-15(20)9-7-14;/h6-9,13H,2-5,10-12,21H2,1H3,(H,22,23);1H. The zero-order valence-corrected chi connectivity index (χ0v) is 15.8. The van der Waals surface area contributed by atoms with E-state index in [4.69, 9.17) is 5.73 Å². The highest BCUT2D eigenvalue weighted by Crippen LogP contribution is 2.33. The predicted molar refractivity (Wildman–Crippen MR) is 103 cm³/mol. The second-order valence-electron chi connectivity index (χ2n) is 6.98. The van der Waals surface area contributed by atoms with Gasteiger partial charge in [0.1, 0.15) is 5.82 Å². The Morgan fingerprint density at radius 3 is 2.62 bits per heavy atom. The fourth-order valence-corrected chi connectivity index (χ4v) is 2.93. The smallest absolute Gasteiger partial charge is 0.242 e. The lowest BCUT2D eigenvalue weighted by atomic mass is 10.1. The van der Waals surface area contributed by atoms with Crippen LogP contribution < -0.4 is 5.73 Å². The summed E-state index contributed by atoms with van der Waals surface area (Å²) in [6.07, 6.45) is 5.57. The SMILES string of the molecule is CN(CCCCCc1cc(-c2ccc(F)cc2)n[nH]1)C(=O)C1(N)CC1.Cl. The number of aryl methyl sites for hydroxylation is 1. The van der Waals surface area contributed by atoms with E-state index in [0.717, 1.165) is 62.0 Å². The summed E-state index contributed by atoms with van der Waals surface area (Å²) >= 11 is 0. The van der Waals surface area contributed by atoms with E-state index in [0.29, 0.717) is 0 Å². The molecule has 26 heavy (non-hydrogen) atoms. The number of hydrogen-bond acceptors (Lipinski definition) is 3. The fraction of sp³-hybridized carbons (Fsp3) is 0.474. The van der Waals surface area contributed by atoms with E-state index in [-0.39, 0.29) is 24.1 Å². The fourth-order valence-electron chi connectivity index (χ4n) is 2.93. The number of aromatic amines is 1. The number of nitrogens with one attached hydrogen (secondary N) is 1. The van der Waals surface area contributed by atoms with Crippen LogP contribution >= 0.6 is 12.4 Å². The summed E-state index contributed by atoms with van der Waals surface area (Å²) in [5.74, 6) is -0.171. The first-order chi connectivity index (χ1) is 12.0. The van der Waals surface area contributed by atoms with E-state index in [1.54, 1.807) is 17.0 Å². The molecule has 2 aromatic rings. The number of H-pyrrole nitrogens is 1. The number of carbonyl (C=O) groups excluding carboxylic acids is 1. The zero-order valence-electron chi connectivity index (χ0n) is 15.0. The quantitative estimate of drug-likeness (QED) is 0.690. The van der Waals surface area contributed by atoms with Gasteiger partial charge in [-0.2, -0.15) is 5.10 Å². The van der Waals surface area contributed by atoms with Gasteiger partial charge in [0.25, 0.3) is 0 Å². The number of aromatic nitrogens is 2. The second kappa shape index (κ2) is 8.64. The van der Waals surface area contributed by atoms with Crippen molar-refractivity contribution in [1.82, 2.24) is 15.1 Å². The summed E-state index contributed by atoms with van der Waals surface area (Å²) in [7, 11) is 1.83. The summed E-state index contributed by atoms with van der Waals surface area (Å²) in [4.78, 5) is 13.8.